The van der Waals surface area contributed by atoms with Crippen molar-refractivity contribution in [3.63, 3.8) is 0 Å². The first-order valence-electron chi connectivity index (χ1n) is 6.63. The van der Waals surface area contributed by atoms with Crippen molar-refractivity contribution in [1.29, 1.82) is 0 Å². The van der Waals surface area contributed by atoms with E-state index in [0.29, 0.717) is 29.7 Å². The molecule has 0 aliphatic carbocycles. The number of halogens is 1. The van der Waals surface area contributed by atoms with E-state index in [2.05, 4.69) is 4.98 Å². The molecule has 0 bridgehead atoms. The van der Waals surface area contributed by atoms with E-state index in [0.717, 1.165) is 27.6 Å². The molecule has 0 unspecified atom stereocenters. The van der Waals surface area contributed by atoms with Crippen molar-refractivity contribution in [3.05, 3.63) is 35.4 Å². The van der Waals surface area contributed by atoms with E-state index >= 15 is 0 Å². The average molecular weight is 302 g/mol. The van der Waals surface area contributed by atoms with Gasteiger partial charge in [0.05, 0.1) is 28.6 Å². The van der Waals surface area contributed by atoms with Crippen molar-refractivity contribution < 1.29 is 14.2 Å². The minimum atomic E-state index is 0.512. The van der Waals surface area contributed by atoms with Crippen LogP contribution in [0.4, 0.5) is 0 Å². The van der Waals surface area contributed by atoms with E-state index in [4.69, 9.17) is 25.8 Å². The zero-order chi connectivity index (χ0) is 14.4. The highest BCUT2D eigenvalue weighted by Gasteiger charge is 2.19. The summed E-state index contributed by atoms with van der Waals surface area (Å²) in [6.45, 7) is 1.06. The second-order valence-corrected chi connectivity index (χ2v) is 5.17. The summed E-state index contributed by atoms with van der Waals surface area (Å²) in [6.07, 6.45) is 0. The molecule has 0 radical (unpaired) electrons. The van der Waals surface area contributed by atoms with Gasteiger partial charge in [0.2, 0.25) is 0 Å². The number of hydrogen-bond donors (Lipinski definition) is 0. The van der Waals surface area contributed by atoms with Gasteiger partial charge in [-0.25, -0.2) is 4.98 Å². The fourth-order valence-electron chi connectivity index (χ4n) is 2.59. The Balaban J connectivity index is 2.12. The van der Waals surface area contributed by atoms with Crippen molar-refractivity contribution in [2.75, 3.05) is 20.3 Å². The molecular formula is C16H12ClNO3. The summed E-state index contributed by atoms with van der Waals surface area (Å²) in [7, 11) is 1.63. The molecule has 21 heavy (non-hydrogen) atoms. The van der Waals surface area contributed by atoms with Crippen LogP contribution in [0.5, 0.6) is 17.2 Å². The molecule has 0 N–H and O–H groups in total. The van der Waals surface area contributed by atoms with Gasteiger partial charge in [-0.15, -0.1) is 0 Å². The van der Waals surface area contributed by atoms with Gasteiger partial charge in [-0.2, -0.15) is 0 Å². The number of rotatable bonds is 1. The topological polar surface area (TPSA) is 40.6 Å². The molecule has 5 heteroatoms. The third-order valence-electron chi connectivity index (χ3n) is 3.59. The normalized spacial score (nSPS) is 13.6. The molecule has 4 nitrogen and oxygen atoms in total. The van der Waals surface area contributed by atoms with Crippen LogP contribution in [-0.2, 0) is 0 Å². The second kappa shape index (κ2) is 4.67. The Morgan fingerprint density at radius 1 is 1.10 bits per heavy atom. The van der Waals surface area contributed by atoms with Gasteiger partial charge in [0.15, 0.2) is 11.5 Å². The van der Waals surface area contributed by atoms with E-state index < -0.39 is 0 Å². The van der Waals surface area contributed by atoms with Gasteiger partial charge in [0.25, 0.3) is 0 Å². The molecule has 0 atom stereocenters. The molecule has 0 fully saturated rings. The molecule has 0 saturated heterocycles. The molecule has 4 rings (SSSR count). The summed E-state index contributed by atoms with van der Waals surface area (Å²) in [6, 6.07) is 9.42. The largest absolute Gasteiger partial charge is 0.497 e. The minimum absolute atomic E-state index is 0.512. The molecule has 2 aromatic carbocycles. The van der Waals surface area contributed by atoms with Crippen molar-refractivity contribution in [1.82, 2.24) is 4.98 Å². The number of pyridine rings is 1. The minimum Gasteiger partial charge on any atom is -0.497 e. The molecule has 0 amide bonds. The molecule has 2 heterocycles. The van der Waals surface area contributed by atoms with Crippen LogP contribution in [-0.4, -0.2) is 25.3 Å². The van der Waals surface area contributed by atoms with Crippen molar-refractivity contribution in [3.8, 4) is 17.2 Å². The van der Waals surface area contributed by atoms with Gasteiger partial charge < -0.3 is 14.2 Å². The summed E-state index contributed by atoms with van der Waals surface area (Å²) in [5.41, 5.74) is 1.62. The number of hydrogen-bond acceptors (Lipinski definition) is 4. The van der Waals surface area contributed by atoms with Crippen LogP contribution in [0.1, 0.15) is 0 Å². The predicted octanol–water partition coefficient (Wildman–Crippen LogP) is 3.82. The smallest absolute Gasteiger partial charge is 0.172 e. The summed E-state index contributed by atoms with van der Waals surface area (Å²) in [4.78, 5) is 4.65. The number of ether oxygens (including phenoxy) is 3. The third kappa shape index (κ3) is 1.87. The fourth-order valence-corrected chi connectivity index (χ4v) is 2.92. The Bertz CT molecular complexity index is 863. The number of aromatic nitrogens is 1. The monoisotopic (exact) mass is 301 g/mol. The van der Waals surface area contributed by atoms with Crippen LogP contribution in [0.3, 0.4) is 0 Å². The van der Waals surface area contributed by atoms with Crippen LogP contribution < -0.4 is 14.2 Å². The molecule has 0 saturated carbocycles. The number of fused-ring (bicyclic) bond motifs is 4. The maximum absolute atomic E-state index is 6.61. The van der Waals surface area contributed by atoms with Gasteiger partial charge in [-0.1, -0.05) is 11.6 Å². The zero-order valence-corrected chi connectivity index (χ0v) is 12.1. The lowest BCUT2D eigenvalue weighted by molar-refractivity contribution is 0.174. The lowest BCUT2D eigenvalue weighted by atomic mass is 10.1. The summed E-state index contributed by atoms with van der Waals surface area (Å²) < 4.78 is 16.6. The fraction of sp³-hybridized carbons (Fsp3) is 0.188. The predicted molar refractivity (Wildman–Crippen MR) is 81.8 cm³/mol. The molecular weight excluding hydrogens is 290 g/mol. The first kappa shape index (κ1) is 12.5. The van der Waals surface area contributed by atoms with Crippen LogP contribution >= 0.6 is 11.6 Å². The van der Waals surface area contributed by atoms with Gasteiger partial charge in [0, 0.05) is 5.39 Å². The highest BCUT2D eigenvalue weighted by molar-refractivity contribution is 6.41. The highest BCUT2D eigenvalue weighted by atomic mass is 35.5. The zero-order valence-electron chi connectivity index (χ0n) is 11.4. The van der Waals surface area contributed by atoms with Crippen LogP contribution in [0.2, 0.25) is 5.02 Å². The van der Waals surface area contributed by atoms with Gasteiger partial charge in [0.1, 0.15) is 19.0 Å². The van der Waals surface area contributed by atoms with Crippen LogP contribution in [0.15, 0.2) is 30.3 Å². The van der Waals surface area contributed by atoms with E-state index in [1.807, 2.05) is 30.3 Å². The number of nitrogens with zero attached hydrogens (tertiary/aromatic N) is 1. The molecule has 0 spiro atoms. The second-order valence-electron chi connectivity index (χ2n) is 4.79. The summed E-state index contributed by atoms with van der Waals surface area (Å²) in [5, 5.41) is 2.23. The van der Waals surface area contributed by atoms with Crippen molar-refractivity contribution in [2.24, 2.45) is 0 Å². The molecule has 1 aliphatic heterocycles. The molecule has 1 aliphatic rings. The summed E-state index contributed by atoms with van der Waals surface area (Å²) in [5.74, 6) is 2.12. The van der Waals surface area contributed by atoms with Gasteiger partial charge in [-0.3, -0.25) is 0 Å². The first-order valence-corrected chi connectivity index (χ1v) is 7.01. The first-order chi connectivity index (χ1) is 10.3. The van der Waals surface area contributed by atoms with Crippen molar-refractivity contribution in [2.45, 2.75) is 0 Å². The number of methoxy groups -OCH3 is 1. The van der Waals surface area contributed by atoms with Gasteiger partial charge in [-0.05, 0) is 30.3 Å². The maximum atomic E-state index is 6.61. The SMILES string of the molecule is COc1ccc2nc3ccc4c(c3c(Cl)c2c1)OCCO4. The maximum Gasteiger partial charge on any atom is 0.172 e. The Kier molecular flexibility index (Phi) is 2.79. The lowest BCUT2D eigenvalue weighted by Gasteiger charge is -2.20. The Morgan fingerprint density at radius 2 is 1.90 bits per heavy atom. The average Bonchev–Trinajstić information content (AvgIpc) is 2.54. The van der Waals surface area contributed by atoms with E-state index in [1.165, 1.54) is 0 Å². The summed E-state index contributed by atoms with van der Waals surface area (Å²) >= 11 is 6.61. The van der Waals surface area contributed by atoms with E-state index in [-0.39, 0.29) is 0 Å². The Hall–Kier alpha value is -2.20. The molecule has 3 aromatic rings. The quantitative estimate of drug-likeness (QED) is 0.641. The molecule has 1 aromatic heterocycles. The standard InChI is InChI=1S/C16H12ClNO3/c1-19-9-2-3-11-10(8-9)15(17)14-12(18-11)4-5-13-16(14)21-7-6-20-13/h2-5,8H,6-7H2,1H3. The Labute approximate surface area is 126 Å². The van der Waals surface area contributed by atoms with Crippen molar-refractivity contribution >= 4 is 33.4 Å². The van der Waals surface area contributed by atoms with E-state index in [9.17, 15) is 0 Å². The third-order valence-corrected chi connectivity index (χ3v) is 3.98. The van der Waals surface area contributed by atoms with Crippen LogP contribution in [0, 0.1) is 0 Å². The molecule has 106 valence electrons. The Morgan fingerprint density at radius 3 is 2.76 bits per heavy atom. The highest BCUT2D eigenvalue weighted by Crippen LogP contribution is 2.43. The van der Waals surface area contributed by atoms with Gasteiger partial charge >= 0.3 is 0 Å². The van der Waals surface area contributed by atoms with Crippen LogP contribution in [0.25, 0.3) is 21.8 Å². The number of benzene rings is 2. The lowest BCUT2D eigenvalue weighted by Crippen LogP contribution is -2.15. The van der Waals surface area contributed by atoms with E-state index in [1.54, 1.807) is 7.11 Å².